The minimum atomic E-state index is -1.16. The number of anilines is 1. The van der Waals surface area contributed by atoms with E-state index in [2.05, 4.69) is 15.4 Å². The minimum Gasteiger partial charge on any atom is -0.444 e. The number of aromatic nitrogens is 3. The van der Waals surface area contributed by atoms with Crippen molar-refractivity contribution in [3.63, 3.8) is 0 Å². The Labute approximate surface area is 196 Å². The topological polar surface area (TPSA) is 86.1 Å². The number of halogens is 1. The quantitative estimate of drug-likeness (QED) is 0.382. The molecule has 1 unspecified atom stereocenters. The number of hydrogen-bond donors (Lipinski definition) is 1. The number of nitrogens with one attached hydrogen (secondary N) is 1. The molecule has 0 spiro atoms. The van der Waals surface area contributed by atoms with Crippen molar-refractivity contribution in [1.82, 2.24) is 14.8 Å². The molecule has 33 heavy (non-hydrogen) atoms. The lowest BCUT2D eigenvalue weighted by Gasteiger charge is -2.18. The zero-order valence-corrected chi connectivity index (χ0v) is 19.2. The van der Waals surface area contributed by atoms with Crippen LogP contribution in [0.25, 0.3) is 11.0 Å². The van der Waals surface area contributed by atoms with E-state index in [1.54, 1.807) is 59.4 Å². The van der Waals surface area contributed by atoms with Gasteiger partial charge in [0.1, 0.15) is 0 Å². The van der Waals surface area contributed by atoms with Crippen LogP contribution in [0.3, 0.4) is 0 Å². The molecule has 7 nitrogen and oxygen atoms in total. The summed E-state index contributed by atoms with van der Waals surface area (Å²) in [4.78, 5) is 30.5. The van der Waals surface area contributed by atoms with E-state index < -0.39 is 18.0 Å². The highest BCUT2D eigenvalue weighted by Crippen LogP contribution is 2.25. The van der Waals surface area contributed by atoms with Gasteiger partial charge in [-0.1, -0.05) is 48.0 Å². The standard InChI is InChI=1S/C25H23ClN4O3/c1-15(2)30-23-18(14-28-30)11-19(13-27-23)25(32)33-22(17-7-5-4-6-8-17)24(31)29-20-10-9-16(3)21(26)12-20/h4-15,22H,1-3H3,(H,29,31). The molecule has 8 heteroatoms. The third kappa shape index (κ3) is 4.88. The van der Waals surface area contributed by atoms with Crippen LogP contribution in [-0.4, -0.2) is 26.6 Å². The summed E-state index contributed by atoms with van der Waals surface area (Å²) in [5.74, 6) is -1.15. The average molecular weight is 463 g/mol. The van der Waals surface area contributed by atoms with Crippen LogP contribution in [0.2, 0.25) is 5.02 Å². The maximum atomic E-state index is 13.1. The molecular formula is C25H23ClN4O3. The van der Waals surface area contributed by atoms with E-state index in [1.807, 2.05) is 26.8 Å². The van der Waals surface area contributed by atoms with E-state index in [0.717, 1.165) is 5.56 Å². The Bertz CT molecular complexity index is 1320. The molecule has 0 saturated carbocycles. The SMILES string of the molecule is Cc1ccc(NC(=O)C(OC(=O)c2cnc3c(cnn3C(C)C)c2)c2ccccc2)cc1Cl. The van der Waals surface area contributed by atoms with Crippen LogP contribution in [0, 0.1) is 6.92 Å². The Hall–Kier alpha value is -3.71. The summed E-state index contributed by atoms with van der Waals surface area (Å²) < 4.78 is 7.44. The first-order chi connectivity index (χ1) is 15.8. The molecule has 0 bridgehead atoms. The lowest BCUT2D eigenvalue weighted by atomic mass is 10.1. The van der Waals surface area contributed by atoms with Crippen molar-refractivity contribution in [3.8, 4) is 0 Å². The number of rotatable bonds is 6. The molecule has 2 aromatic carbocycles. The molecule has 2 heterocycles. The minimum absolute atomic E-state index is 0.134. The van der Waals surface area contributed by atoms with Gasteiger partial charge in [0.2, 0.25) is 6.10 Å². The normalized spacial score (nSPS) is 12.0. The van der Waals surface area contributed by atoms with E-state index in [1.165, 1.54) is 6.20 Å². The van der Waals surface area contributed by atoms with E-state index in [9.17, 15) is 9.59 Å². The Balaban J connectivity index is 1.60. The molecule has 0 aliphatic heterocycles. The van der Waals surface area contributed by atoms with Gasteiger partial charge in [0, 0.05) is 33.9 Å². The molecule has 1 amide bonds. The lowest BCUT2D eigenvalue weighted by molar-refractivity contribution is -0.125. The Morgan fingerprint density at radius 3 is 2.52 bits per heavy atom. The van der Waals surface area contributed by atoms with E-state index in [-0.39, 0.29) is 11.6 Å². The Morgan fingerprint density at radius 2 is 1.82 bits per heavy atom. The largest absolute Gasteiger partial charge is 0.444 e. The molecular weight excluding hydrogens is 440 g/mol. The number of hydrogen-bond acceptors (Lipinski definition) is 5. The molecule has 1 atom stereocenters. The van der Waals surface area contributed by atoms with Crippen molar-refractivity contribution in [2.24, 2.45) is 0 Å². The number of fused-ring (bicyclic) bond motifs is 1. The highest BCUT2D eigenvalue weighted by Gasteiger charge is 2.26. The van der Waals surface area contributed by atoms with Crippen molar-refractivity contribution in [3.05, 3.63) is 88.7 Å². The van der Waals surface area contributed by atoms with Gasteiger partial charge in [-0.05, 0) is 44.5 Å². The number of carbonyl (C=O) groups excluding carboxylic acids is 2. The second kappa shape index (κ2) is 9.42. The average Bonchev–Trinajstić information content (AvgIpc) is 3.24. The van der Waals surface area contributed by atoms with Crippen molar-refractivity contribution in [2.75, 3.05) is 5.32 Å². The number of ether oxygens (including phenoxy) is 1. The van der Waals surface area contributed by atoms with Gasteiger partial charge in [-0.15, -0.1) is 0 Å². The fraction of sp³-hybridized carbons (Fsp3) is 0.200. The van der Waals surface area contributed by atoms with Crippen molar-refractivity contribution in [1.29, 1.82) is 0 Å². The summed E-state index contributed by atoms with van der Waals surface area (Å²) in [6, 6.07) is 15.8. The van der Waals surface area contributed by atoms with Gasteiger partial charge in [-0.25, -0.2) is 14.5 Å². The van der Waals surface area contributed by atoms with E-state index in [0.29, 0.717) is 27.3 Å². The fourth-order valence-electron chi connectivity index (χ4n) is 3.38. The maximum Gasteiger partial charge on any atom is 0.340 e. The molecule has 0 radical (unpaired) electrons. The molecule has 2 aromatic heterocycles. The van der Waals surface area contributed by atoms with Crippen LogP contribution in [0.1, 0.15) is 47.5 Å². The summed E-state index contributed by atoms with van der Waals surface area (Å²) in [5.41, 5.74) is 2.86. The van der Waals surface area contributed by atoms with Crippen molar-refractivity contribution in [2.45, 2.75) is 32.9 Å². The number of pyridine rings is 1. The highest BCUT2D eigenvalue weighted by atomic mass is 35.5. The summed E-state index contributed by atoms with van der Waals surface area (Å²) in [5, 5.41) is 8.35. The summed E-state index contributed by atoms with van der Waals surface area (Å²) in [6.45, 7) is 5.87. The number of esters is 1. The molecule has 0 fully saturated rings. The maximum absolute atomic E-state index is 13.1. The highest BCUT2D eigenvalue weighted by molar-refractivity contribution is 6.31. The van der Waals surface area contributed by atoms with Gasteiger partial charge in [-0.3, -0.25) is 4.79 Å². The first-order valence-electron chi connectivity index (χ1n) is 10.5. The van der Waals surface area contributed by atoms with Gasteiger partial charge in [0.05, 0.1) is 11.8 Å². The zero-order chi connectivity index (χ0) is 23.5. The molecule has 4 rings (SSSR count). The first-order valence-corrected chi connectivity index (χ1v) is 10.9. The second-order valence-corrected chi connectivity index (χ2v) is 8.38. The number of carbonyl (C=O) groups is 2. The third-order valence-electron chi connectivity index (χ3n) is 5.16. The number of aryl methyl sites for hydroxylation is 1. The molecule has 0 aliphatic carbocycles. The third-order valence-corrected chi connectivity index (χ3v) is 5.57. The predicted octanol–water partition coefficient (Wildman–Crippen LogP) is 5.51. The van der Waals surface area contributed by atoms with E-state index in [4.69, 9.17) is 16.3 Å². The molecule has 4 aromatic rings. The van der Waals surface area contributed by atoms with Crippen LogP contribution in [0.5, 0.6) is 0 Å². The zero-order valence-electron chi connectivity index (χ0n) is 18.4. The van der Waals surface area contributed by atoms with Crippen LogP contribution in [-0.2, 0) is 9.53 Å². The van der Waals surface area contributed by atoms with Crippen LogP contribution < -0.4 is 5.32 Å². The lowest BCUT2D eigenvalue weighted by Crippen LogP contribution is -2.26. The molecule has 1 N–H and O–H groups in total. The van der Waals surface area contributed by atoms with Gasteiger partial charge in [-0.2, -0.15) is 5.10 Å². The monoisotopic (exact) mass is 462 g/mol. The number of benzene rings is 2. The molecule has 0 saturated heterocycles. The molecule has 0 aliphatic rings. The van der Waals surface area contributed by atoms with Crippen molar-refractivity contribution < 1.29 is 14.3 Å². The van der Waals surface area contributed by atoms with Crippen LogP contribution >= 0.6 is 11.6 Å². The fourth-order valence-corrected chi connectivity index (χ4v) is 3.56. The second-order valence-electron chi connectivity index (χ2n) is 7.97. The smallest absolute Gasteiger partial charge is 0.340 e. The van der Waals surface area contributed by atoms with Gasteiger partial charge >= 0.3 is 5.97 Å². The van der Waals surface area contributed by atoms with Crippen molar-refractivity contribution >= 4 is 40.2 Å². The first kappa shape index (κ1) is 22.5. The van der Waals surface area contributed by atoms with E-state index >= 15 is 0 Å². The Morgan fingerprint density at radius 1 is 1.06 bits per heavy atom. The summed E-state index contributed by atoms with van der Waals surface area (Å²) >= 11 is 6.18. The summed E-state index contributed by atoms with van der Waals surface area (Å²) in [7, 11) is 0. The predicted molar refractivity (Wildman–Crippen MR) is 127 cm³/mol. The Kier molecular flexibility index (Phi) is 6.42. The summed E-state index contributed by atoms with van der Waals surface area (Å²) in [6.07, 6.45) is 1.93. The number of nitrogens with zero attached hydrogens (tertiary/aromatic N) is 3. The van der Waals surface area contributed by atoms with Gasteiger partial charge < -0.3 is 10.1 Å². The van der Waals surface area contributed by atoms with Gasteiger partial charge in [0.25, 0.3) is 5.91 Å². The van der Waals surface area contributed by atoms with Crippen LogP contribution in [0.15, 0.2) is 67.0 Å². The van der Waals surface area contributed by atoms with Gasteiger partial charge in [0.15, 0.2) is 5.65 Å². The molecule has 168 valence electrons. The number of amides is 1. The van der Waals surface area contributed by atoms with Crippen LogP contribution in [0.4, 0.5) is 5.69 Å².